The summed E-state index contributed by atoms with van der Waals surface area (Å²) in [6, 6.07) is 31.9. The third-order valence-corrected chi connectivity index (χ3v) is 12.0. The summed E-state index contributed by atoms with van der Waals surface area (Å²) in [5.74, 6) is 2.58. The number of rotatable bonds is 13. The molecule has 294 valence electrons. The van der Waals surface area contributed by atoms with Gasteiger partial charge in [-0.1, -0.05) is 69.5 Å². The molecule has 55 heavy (non-hydrogen) atoms. The molecule has 3 aliphatic rings. The Bertz CT molecular complexity index is 1870. The number of nitrogens with zero attached hydrogens (tertiary/aromatic N) is 3. The molecule has 10 nitrogen and oxygen atoms in total. The zero-order chi connectivity index (χ0) is 38.0. The topological polar surface area (TPSA) is 82.2 Å². The molecule has 0 saturated carbocycles. The van der Waals surface area contributed by atoms with Gasteiger partial charge in [-0.15, -0.1) is 0 Å². The first-order valence-corrected chi connectivity index (χ1v) is 21.4. The number of hydrogen-bond acceptors (Lipinski definition) is 10. The fraction of sp³-hybridized carbons (Fsp3) is 0.455. The Morgan fingerprint density at radius 3 is 2.09 bits per heavy atom. The molecule has 7 rings (SSSR count). The summed E-state index contributed by atoms with van der Waals surface area (Å²) >= 11 is 0. The highest BCUT2D eigenvalue weighted by Gasteiger charge is 2.37. The lowest BCUT2D eigenvalue weighted by Gasteiger charge is -2.34. The summed E-state index contributed by atoms with van der Waals surface area (Å²) in [7, 11) is -4.25. The van der Waals surface area contributed by atoms with E-state index < -0.39 is 13.9 Å². The average molecular weight is 770 g/mol. The van der Waals surface area contributed by atoms with Gasteiger partial charge in [0.15, 0.2) is 6.73 Å². The van der Waals surface area contributed by atoms with Crippen LogP contribution in [0.15, 0.2) is 97.1 Å². The molecule has 0 spiro atoms. The molecule has 3 heterocycles. The molecule has 3 aliphatic heterocycles. The number of hydrogen-bond donors (Lipinski definition) is 0. The largest absolute Gasteiger partial charge is 0.587 e. The highest BCUT2D eigenvalue weighted by atomic mass is 31.2. The first-order valence-electron chi connectivity index (χ1n) is 19.9. The summed E-state index contributed by atoms with van der Waals surface area (Å²) in [5, 5.41) is 0. The minimum Gasteiger partial charge on any atom is -0.478 e. The van der Waals surface area contributed by atoms with E-state index in [9.17, 15) is 0 Å². The molecule has 0 N–H and O–H groups in total. The quantitative estimate of drug-likeness (QED) is 0.0968. The Kier molecular flexibility index (Phi) is 13.2. The minimum absolute atomic E-state index is 0.205. The molecule has 0 aliphatic carbocycles. The van der Waals surface area contributed by atoms with E-state index >= 15 is 4.57 Å². The Morgan fingerprint density at radius 1 is 0.782 bits per heavy atom. The highest BCUT2D eigenvalue weighted by molar-refractivity contribution is 7.49. The van der Waals surface area contributed by atoms with Crippen LogP contribution < -0.4 is 28.3 Å². The van der Waals surface area contributed by atoms with Crippen LogP contribution in [-0.2, 0) is 26.9 Å². The molecule has 1 fully saturated rings. The third-order valence-electron chi connectivity index (χ3n) is 10.6. The van der Waals surface area contributed by atoms with Crippen molar-refractivity contribution < 1.29 is 32.3 Å². The maximum absolute atomic E-state index is 15.1. The van der Waals surface area contributed by atoms with Crippen molar-refractivity contribution in [2.45, 2.75) is 91.0 Å². The maximum Gasteiger partial charge on any atom is 0.587 e. The number of phosphoric acid groups is 1. The van der Waals surface area contributed by atoms with Gasteiger partial charge in [-0.3, -0.25) is 9.42 Å². The number of anilines is 2. The Hall–Kier alpha value is -4.21. The van der Waals surface area contributed by atoms with Gasteiger partial charge >= 0.3 is 7.82 Å². The molecular formula is C44H56N3O7P. The zero-order valence-corrected chi connectivity index (χ0v) is 33.4. The SMILES string of the molecule is CCCCCC(C)N1COc2ccc(OP(=O)(Oc3ccc4c(c3)CN(c3ccccc3)CO4)OC3CCCOCN(c4ccccc4)CC(C)C3)cc2C1. The van der Waals surface area contributed by atoms with Gasteiger partial charge in [0.05, 0.1) is 6.10 Å². The van der Waals surface area contributed by atoms with Gasteiger partial charge in [0.25, 0.3) is 0 Å². The fourth-order valence-electron chi connectivity index (χ4n) is 7.60. The summed E-state index contributed by atoms with van der Waals surface area (Å²) in [6.45, 7) is 10.8. The molecule has 4 aromatic rings. The summed E-state index contributed by atoms with van der Waals surface area (Å²) in [4.78, 5) is 6.73. The van der Waals surface area contributed by atoms with Crippen LogP contribution in [0.1, 0.15) is 76.8 Å². The van der Waals surface area contributed by atoms with Crippen molar-refractivity contribution in [3.05, 3.63) is 108 Å². The van der Waals surface area contributed by atoms with Crippen molar-refractivity contribution in [1.82, 2.24) is 4.90 Å². The highest BCUT2D eigenvalue weighted by Crippen LogP contribution is 2.53. The van der Waals surface area contributed by atoms with Crippen LogP contribution >= 0.6 is 7.82 Å². The molecular weight excluding hydrogens is 713 g/mol. The monoisotopic (exact) mass is 769 g/mol. The molecule has 1 saturated heterocycles. The van der Waals surface area contributed by atoms with Gasteiger partial charge in [0.1, 0.15) is 36.5 Å². The van der Waals surface area contributed by atoms with E-state index in [0.29, 0.717) is 70.3 Å². The lowest BCUT2D eigenvalue weighted by Crippen LogP contribution is -2.38. The predicted octanol–water partition coefficient (Wildman–Crippen LogP) is 10.4. The summed E-state index contributed by atoms with van der Waals surface area (Å²) in [5.41, 5.74) is 4.07. The van der Waals surface area contributed by atoms with Gasteiger partial charge in [0, 0.05) is 54.8 Å². The van der Waals surface area contributed by atoms with Gasteiger partial charge in [0.2, 0.25) is 0 Å². The normalized spacial score (nSPS) is 20.9. The van der Waals surface area contributed by atoms with Crippen LogP contribution in [0.2, 0.25) is 0 Å². The first-order chi connectivity index (χ1) is 26.8. The maximum atomic E-state index is 15.1. The van der Waals surface area contributed by atoms with Crippen LogP contribution in [-0.4, -0.2) is 50.4 Å². The predicted molar refractivity (Wildman–Crippen MR) is 217 cm³/mol. The van der Waals surface area contributed by atoms with Crippen LogP contribution in [0.25, 0.3) is 0 Å². The average Bonchev–Trinajstić information content (AvgIpc) is 3.20. The van der Waals surface area contributed by atoms with E-state index in [1.807, 2.05) is 60.7 Å². The van der Waals surface area contributed by atoms with Crippen LogP contribution in [0, 0.1) is 5.92 Å². The van der Waals surface area contributed by atoms with Crippen molar-refractivity contribution >= 4 is 19.2 Å². The van der Waals surface area contributed by atoms with Crippen molar-refractivity contribution in [2.24, 2.45) is 5.92 Å². The molecule has 0 radical (unpaired) electrons. The van der Waals surface area contributed by atoms with Crippen LogP contribution in [0.5, 0.6) is 23.0 Å². The van der Waals surface area contributed by atoms with E-state index in [2.05, 4.69) is 59.7 Å². The number of ether oxygens (including phenoxy) is 3. The fourth-order valence-corrected chi connectivity index (χ4v) is 9.03. The number of fused-ring (bicyclic) bond motifs is 2. The van der Waals surface area contributed by atoms with E-state index in [1.54, 1.807) is 12.1 Å². The van der Waals surface area contributed by atoms with E-state index in [1.165, 1.54) is 19.3 Å². The molecule has 4 unspecified atom stereocenters. The Balaban J connectivity index is 1.12. The van der Waals surface area contributed by atoms with E-state index in [4.69, 9.17) is 27.8 Å². The lowest BCUT2D eigenvalue weighted by molar-refractivity contribution is 0.0576. The second-order valence-electron chi connectivity index (χ2n) is 15.1. The minimum atomic E-state index is -4.25. The van der Waals surface area contributed by atoms with Gasteiger partial charge in [-0.25, -0.2) is 4.57 Å². The third kappa shape index (κ3) is 10.6. The molecule has 0 aromatic heterocycles. The second-order valence-corrected chi connectivity index (χ2v) is 16.6. The van der Waals surface area contributed by atoms with Gasteiger partial charge in [-0.05, 0) is 99.2 Å². The van der Waals surface area contributed by atoms with Crippen molar-refractivity contribution in [1.29, 1.82) is 0 Å². The number of benzene rings is 4. The van der Waals surface area contributed by atoms with E-state index in [0.717, 1.165) is 53.4 Å². The van der Waals surface area contributed by atoms with Crippen molar-refractivity contribution in [2.75, 3.05) is 43.1 Å². The van der Waals surface area contributed by atoms with Crippen LogP contribution in [0.4, 0.5) is 11.4 Å². The summed E-state index contributed by atoms with van der Waals surface area (Å²) in [6.07, 6.45) is 6.40. The molecule has 0 amide bonds. The van der Waals surface area contributed by atoms with Gasteiger partial charge < -0.3 is 33.1 Å². The second kappa shape index (κ2) is 18.6. The van der Waals surface area contributed by atoms with Gasteiger partial charge in [-0.2, -0.15) is 0 Å². The first kappa shape index (κ1) is 39.0. The van der Waals surface area contributed by atoms with E-state index in [-0.39, 0.29) is 5.92 Å². The van der Waals surface area contributed by atoms with Crippen molar-refractivity contribution in [3.63, 3.8) is 0 Å². The zero-order valence-electron chi connectivity index (χ0n) is 32.5. The van der Waals surface area contributed by atoms with Crippen LogP contribution in [0.3, 0.4) is 0 Å². The number of unbranched alkanes of at least 4 members (excludes halogenated alkanes) is 2. The number of para-hydroxylation sites is 2. The molecule has 11 heteroatoms. The molecule has 4 atom stereocenters. The Labute approximate surface area is 326 Å². The van der Waals surface area contributed by atoms with Crippen molar-refractivity contribution in [3.8, 4) is 23.0 Å². The molecule has 0 bridgehead atoms. The number of phosphoric ester groups is 1. The summed E-state index contributed by atoms with van der Waals surface area (Å²) < 4.78 is 52.8. The lowest BCUT2D eigenvalue weighted by atomic mass is 9.99. The smallest absolute Gasteiger partial charge is 0.478 e. The Morgan fingerprint density at radius 2 is 1.42 bits per heavy atom. The molecule has 4 aromatic carbocycles. The standard InChI is InChI=1S/C44H56N3O7P/c1-4-5-8-14-35(3)45-29-36-26-41(20-22-43(36)50-32-45)53-55(48,52-40-19-13-24-49-31-46(28-34(2)25-40)38-15-9-6-10-16-38)54-42-21-23-44-37(27-42)30-47(33-51-44)39-17-11-7-12-18-39/h6-7,9-12,15-18,20-23,26-27,34-35,40H,4-5,8,13-14,19,24-25,28-33H2,1-3H3.